The van der Waals surface area contributed by atoms with E-state index in [0.29, 0.717) is 5.02 Å². The Bertz CT molecular complexity index is 262. The van der Waals surface area contributed by atoms with E-state index in [-0.39, 0.29) is 11.5 Å². The molecule has 0 amide bonds. The quantitative estimate of drug-likeness (QED) is 0.486. The van der Waals surface area contributed by atoms with Gasteiger partial charge in [0, 0.05) is 0 Å². The fourth-order valence-electron chi connectivity index (χ4n) is 0.562. The smallest absolute Gasteiger partial charge is 0.221 e. The Balaban J connectivity index is 3.04. The highest BCUT2D eigenvalue weighted by Crippen LogP contribution is 2.16. The third-order valence-electron chi connectivity index (χ3n) is 1.03. The van der Waals surface area contributed by atoms with Crippen LogP contribution in [0.15, 0.2) is 29.4 Å². The number of carbonyl (C=O) groups excluding carboxylic acids is 1. The summed E-state index contributed by atoms with van der Waals surface area (Å²) in [4.78, 5) is 10.8. The Morgan fingerprint density at radius 2 is 2.50 bits per heavy atom. The van der Waals surface area contributed by atoms with E-state index in [0.717, 1.165) is 6.08 Å². The standard InChI is InChI=1S/C7H5ClO2/c1-2-6(9)7-5(8)3-4-10-7/h2-4H,1H2. The predicted octanol–water partition coefficient (Wildman–Crippen LogP) is 2.30. The van der Waals surface area contributed by atoms with Gasteiger partial charge < -0.3 is 4.42 Å². The Morgan fingerprint density at radius 1 is 1.80 bits per heavy atom. The molecule has 0 atom stereocenters. The average molecular weight is 157 g/mol. The normalized spacial score (nSPS) is 9.30. The van der Waals surface area contributed by atoms with Crippen molar-refractivity contribution in [2.24, 2.45) is 0 Å². The summed E-state index contributed by atoms with van der Waals surface area (Å²) in [6, 6.07) is 1.51. The molecule has 0 unspecified atom stereocenters. The first-order chi connectivity index (χ1) is 4.75. The summed E-state index contributed by atoms with van der Waals surface area (Å²) in [6.45, 7) is 3.29. The van der Waals surface area contributed by atoms with Crippen LogP contribution in [0.3, 0.4) is 0 Å². The van der Waals surface area contributed by atoms with Crippen molar-refractivity contribution in [2.45, 2.75) is 0 Å². The molecule has 1 aromatic rings. The monoisotopic (exact) mass is 156 g/mol. The van der Waals surface area contributed by atoms with Crippen LogP contribution in [0.4, 0.5) is 0 Å². The molecule has 2 nitrogen and oxygen atoms in total. The maximum Gasteiger partial charge on any atom is 0.221 e. The number of halogens is 1. The fourth-order valence-corrected chi connectivity index (χ4v) is 0.751. The van der Waals surface area contributed by atoms with E-state index in [1.54, 1.807) is 0 Å². The molecule has 0 aliphatic carbocycles. The van der Waals surface area contributed by atoms with Crippen LogP contribution in [-0.2, 0) is 0 Å². The zero-order valence-corrected chi connectivity index (χ0v) is 5.89. The minimum Gasteiger partial charge on any atom is -0.459 e. The van der Waals surface area contributed by atoms with Crippen LogP contribution < -0.4 is 0 Å². The van der Waals surface area contributed by atoms with Gasteiger partial charge in [-0.1, -0.05) is 18.2 Å². The topological polar surface area (TPSA) is 30.2 Å². The first-order valence-electron chi connectivity index (χ1n) is 2.65. The van der Waals surface area contributed by atoms with Gasteiger partial charge in [-0.15, -0.1) is 0 Å². The number of rotatable bonds is 2. The minimum atomic E-state index is -0.296. The molecule has 0 spiro atoms. The van der Waals surface area contributed by atoms with Crippen molar-refractivity contribution >= 4 is 17.4 Å². The van der Waals surface area contributed by atoms with Gasteiger partial charge in [-0.05, 0) is 12.1 Å². The maximum absolute atomic E-state index is 10.8. The van der Waals surface area contributed by atoms with Crippen LogP contribution in [0.2, 0.25) is 5.02 Å². The lowest BCUT2D eigenvalue weighted by atomic mass is 10.3. The van der Waals surface area contributed by atoms with Crippen LogP contribution in [0.5, 0.6) is 0 Å². The van der Waals surface area contributed by atoms with Crippen LogP contribution in [0, 0.1) is 0 Å². The zero-order valence-electron chi connectivity index (χ0n) is 5.13. The van der Waals surface area contributed by atoms with E-state index < -0.39 is 0 Å². The van der Waals surface area contributed by atoms with E-state index in [1.165, 1.54) is 12.3 Å². The van der Waals surface area contributed by atoms with Crippen molar-refractivity contribution < 1.29 is 9.21 Å². The van der Waals surface area contributed by atoms with Gasteiger partial charge in [0.15, 0.2) is 5.76 Å². The second kappa shape index (κ2) is 2.71. The van der Waals surface area contributed by atoms with Crippen molar-refractivity contribution in [1.29, 1.82) is 0 Å². The Labute approximate surface area is 63.1 Å². The first kappa shape index (κ1) is 7.09. The molecule has 0 aliphatic heterocycles. The highest BCUT2D eigenvalue weighted by molar-refractivity contribution is 6.34. The van der Waals surface area contributed by atoms with Gasteiger partial charge in [0.2, 0.25) is 5.78 Å². The van der Waals surface area contributed by atoms with E-state index in [1.807, 2.05) is 0 Å². The Hall–Kier alpha value is -1.02. The summed E-state index contributed by atoms with van der Waals surface area (Å²) < 4.78 is 4.76. The van der Waals surface area contributed by atoms with Gasteiger partial charge >= 0.3 is 0 Å². The number of hydrogen-bond donors (Lipinski definition) is 0. The zero-order chi connectivity index (χ0) is 7.56. The number of carbonyl (C=O) groups is 1. The van der Waals surface area contributed by atoms with Gasteiger partial charge in [0.05, 0.1) is 11.3 Å². The van der Waals surface area contributed by atoms with E-state index in [4.69, 9.17) is 16.0 Å². The SMILES string of the molecule is C=CC(=O)c1occc1Cl. The molecule has 0 saturated carbocycles. The third-order valence-corrected chi connectivity index (χ3v) is 1.32. The summed E-state index contributed by atoms with van der Waals surface area (Å²) in [5.41, 5.74) is 0. The maximum atomic E-state index is 10.8. The fraction of sp³-hybridized carbons (Fsp3) is 0. The van der Waals surface area contributed by atoms with Gasteiger partial charge in [0.25, 0.3) is 0 Å². The molecule has 10 heavy (non-hydrogen) atoms. The molecule has 0 radical (unpaired) electrons. The first-order valence-corrected chi connectivity index (χ1v) is 3.03. The van der Waals surface area contributed by atoms with Crippen molar-refractivity contribution in [3.05, 3.63) is 35.8 Å². The average Bonchev–Trinajstić information content (AvgIpc) is 2.34. The molecule has 1 aromatic heterocycles. The molecule has 0 aliphatic rings. The lowest BCUT2D eigenvalue weighted by Gasteiger charge is -1.86. The van der Waals surface area contributed by atoms with Crippen LogP contribution in [0.25, 0.3) is 0 Å². The number of allylic oxidation sites excluding steroid dienone is 1. The molecule has 0 fully saturated rings. The van der Waals surface area contributed by atoms with Crippen molar-refractivity contribution in [2.75, 3.05) is 0 Å². The Kier molecular flexibility index (Phi) is 1.92. The summed E-state index contributed by atoms with van der Waals surface area (Å²) in [6.07, 6.45) is 2.52. The molecule has 1 rings (SSSR count). The van der Waals surface area contributed by atoms with Gasteiger partial charge in [-0.3, -0.25) is 4.79 Å². The molecule has 0 bridgehead atoms. The van der Waals surface area contributed by atoms with Crippen molar-refractivity contribution in [1.82, 2.24) is 0 Å². The molecular formula is C7H5ClO2. The highest BCUT2D eigenvalue weighted by atomic mass is 35.5. The molecule has 0 N–H and O–H groups in total. The van der Waals surface area contributed by atoms with Gasteiger partial charge in [-0.2, -0.15) is 0 Å². The summed E-state index contributed by atoms with van der Waals surface area (Å²) in [5.74, 6) is -0.147. The van der Waals surface area contributed by atoms with Gasteiger partial charge in [-0.25, -0.2) is 0 Å². The molecule has 0 saturated heterocycles. The van der Waals surface area contributed by atoms with Crippen LogP contribution in [-0.4, -0.2) is 5.78 Å². The molecule has 52 valence electrons. The molecule has 1 heterocycles. The summed E-state index contributed by atoms with van der Waals surface area (Å²) in [7, 11) is 0. The largest absolute Gasteiger partial charge is 0.459 e. The van der Waals surface area contributed by atoms with Gasteiger partial charge in [0.1, 0.15) is 0 Å². The summed E-state index contributed by atoms with van der Waals surface area (Å²) >= 11 is 5.55. The number of hydrogen-bond acceptors (Lipinski definition) is 2. The van der Waals surface area contributed by atoms with E-state index in [2.05, 4.69) is 6.58 Å². The number of furan rings is 1. The van der Waals surface area contributed by atoms with Crippen molar-refractivity contribution in [3.63, 3.8) is 0 Å². The second-order valence-electron chi connectivity index (χ2n) is 1.67. The Morgan fingerprint density at radius 3 is 2.90 bits per heavy atom. The molecule has 0 aromatic carbocycles. The minimum absolute atomic E-state index is 0.150. The lowest BCUT2D eigenvalue weighted by Crippen LogP contribution is -1.89. The molecule has 3 heteroatoms. The second-order valence-corrected chi connectivity index (χ2v) is 2.07. The molecular weight excluding hydrogens is 152 g/mol. The highest BCUT2D eigenvalue weighted by Gasteiger charge is 2.08. The van der Waals surface area contributed by atoms with E-state index >= 15 is 0 Å². The predicted molar refractivity (Wildman–Crippen MR) is 38.2 cm³/mol. The van der Waals surface area contributed by atoms with Crippen molar-refractivity contribution in [3.8, 4) is 0 Å². The number of ketones is 1. The van der Waals surface area contributed by atoms with E-state index in [9.17, 15) is 4.79 Å². The van der Waals surface area contributed by atoms with Crippen LogP contribution in [0.1, 0.15) is 10.6 Å². The third kappa shape index (κ3) is 1.11. The summed E-state index contributed by atoms with van der Waals surface area (Å²) in [5, 5.41) is 0.324. The van der Waals surface area contributed by atoms with Crippen LogP contribution >= 0.6 is 11.6 Å². The lowest BCUT2D eigenvalue weighted by molar-refractivity contribution is 0.102.